The fraction of sp³-hybridized carbons (Fsp3) is 0.410. The zero-order valence-corrected chi connectivity index (χ0v) is 32.3. The Kier molecular flexibility index (Phi) is 17.4. The molecule has 0 bridgehead atoms. The molecule has 1 aromatic heterocycles. The molecule has 3 rings (SSSR count). The third kappa shape index (κ3) is 12.5. The van der Waals surface area contributed by atoms with Crippen LogP contribution in [0.25, 0.3) is 11.3 Å². The molecule has 0 saturated heterocycles. The van der Waals surface area contributed by atoms with Gasteiger partial charge in [0.1, 0.15) is 17.6 Å². The molecular formula is C39H48N4O14. The van der Waals surface area contributed by atoms with Crippen LogP contribution in [0.3, 0.4) is 0 Å². The fourth-order valence-corrected chi connectivity index (χ4v) is 5.83. The zero-order chi connectivity index (χ0) is 42.1. The summed E-state index contributed by atoms with van der Waals surface area (Å²) < 4.78 is 21.8. The molecule has 57 heavy (non-hydrogen) atoms. The van der Waals surface area contributed by atoms with Gasteiger partial charge in [0.25, 0.3) is 11.8 Å². The number of hydrogen-bond donors (Lipinski definition) is 5. The smallest absolute Gasteiger partial charge is 0.363 e. The number of aliphatic carboxylic acids is 2. The number of carboxylic acids is 2. The fourth-order valence-electron chi connectivity index (χ4n) is 5.83. The second kappa shape index (κ2) is 22.1. The summed E-state index contributed by atoms with van der Waals surface area (Å²) in [5.41, 5.74) is 0.433. The Hall–Kier alpha value is -6.59. The first-order valence-electron chi connectivity index (χ1n) is 18.2. The average Bonchev–Trinajstić information content (AvgIpc) is 3.70. The van der Waals surface area contributed by atoms with Crippen LogP contribution in [-0.2, 0) is 24.0 Å². The van der Waals surface area contributed by atoms with Crippen LogP contribution in [0.1, 0.15) is 90.6 Å². The highest BCUT2D eigenvalue weighted by Gasteiger charge is 2.34. The lowest BCUT2D eigenvalue weighted by Crippen LogP contribution is -2.49. The summed E-state index contributed by atoms with van der Waals surface area (Å²) in [6, 6.07) is 9.02. The number of rotatable bonds is 24. The van der Waals surface area contributed by atoms with Gasteiger partial charge in [0, 0.05) is 5.56 Å². The van der Waals surface area contributed by atoms with E-state index in [1.165, 1.54) is 62.8 Å². The summed E-state index contributed by atoms with van der Waals surface area (Å²) in [5.74, 6) is -5.79. The summed E-state index contributed by atoms with van der Waals surface area (Å²) in [6.45, 7) is 5.24. The van der Waals surface area contributed by atoms with Crippen LogP contribution < -0.4 is 30.2 Å². The number of carbonyl (C=O) groups excluding carboxylic acids is 5. The molecule has 0 aliphatic carbocycles. The minimum atomic E-state index is -1.67. The number of methoxy groups -OCH3 is 2. The standard InChI is InChI=1S/C39H48N4O14/c1-6-9-10-11-25(28(7-2)43(22-44)57-39(52)24-13-15-30(53-4)33(19-24)54-5)35(47)40-21-41-37(49)31-17-16-29(56-31)23-12-14-26(32(18-23)55-8-3)36(48)42-27(38(50)51)20-34(45)46/h12-19,22,25,27-28H,6-11,20-21H2,1-5H3,(H,40,47)(H,41,49)(H,42,48)(H,45,46)(H,50,51). The van der Waals surface area contributed by atoms with Gasteiger partial charge >= 0.3 is 17.9 Å². The number of ether oxygens (including phenoxy) is 3. The van der Waals surface area contributed by atoms with Gasteiger partial charge in [-0.05, 0) is 62.2 Å². The number of hydroxylamine groups is 2. The number of furan rings is 1. The predicted octanol–water partition coefficient (Wildman–Crippen LogP) is 4.03. The summed E-state index contributed by atoms with van der Waals surface area (Å²) in [6.07, 6.45) is 2.46. The van der Waals surface area contributed by atoms with Gasteiger partial charge in [-0.2, -0.15) is 5.06 Å². The molecule has 0 spiro atoms. The lowest BCUT2D eigenvalue weighted by molar-refractivity contribution is -0.171. The normalized spacial score (nSPS) is 12.2. The van der Waals surface area contributed by atoms with E-state index in [2.05, 4.69) is 16.0 Å². The lowest BCUT2D eigenvalue weighted by atomic mass is 9.90. The maximum absolute atomic E-state index is 13.6. The van der Waals surface area contributed by atoms with Crippen LogP contribution >= 0.6 is 0 Å². The third-order valence-corrected chi connectivity index (χ3v) is 8.71. The molecule has 0 saturated carbocycles. The molecule has 18 heteroatoms. The van der Waals surface area contributed by atoms with E-state index in [-0.39, 0.29) is 53.8 Å². The molecule has 3 aromatic rings. The second-order valence-electron chi connectivity index (χ2n) is 12.5. The minimum absolute atomic E-state index is 0.0526. The summed E-state index contributed by atoms with van der Waals surface area (Å²) in [4.78, 5) is 92.8. The Balaban J connectivity index is 1.70. The van der Waals surface area contributed by atoms with Crippen molar-refractivity contribution >= 4 is 42.0 Å². The maximum Gasteiger partial charge on any atom is 0.363 e. The lowest BCUT2D eigenvalue weighted by Gasteiger charge is -2.31. The number of nitrogens with zero attached hydrogens (tertiary/aromatic N) is 1. The number of unbranched alkanes of at least 4 members (excludes halogenated alkanes) is 2. The first kappa shape index (κ1) is 44.8. The van der Waals surface area contributed by atoms with Crippen LogP contribution in [0.4, 0.5) is 0 Å². The van der Waals surface area contributed by atoms with E-state index in [0.717, 1.165) is 17.9 Å². The van der Waals surface area contributed by atoms with E-state index in [1.807, 2.05) is 6.92 Å². The van der Waals surface area contributed by atoms with Crippen LogP contribution in [-0.4, -0.2) is 96.9 Å². The Bertz CT molecular complexity index is 1890. The number of carboxylic acid groups (broad SMARTS) is 2. The van der Waals surface area contributed by atoms with Crippen molar-refractivity contribution in [1.82, 2.24) is 21.0 Å². The number of nitrogens with one attached hydrogen (secondary N) is 3. The molecule has 18 nitrogen and oxygen atoms in total. The highest BCUT2D eigenvalue weighted by atomic mass is 16.7. The molecule has 0 aliphatic heterocycles. The molecule has 1 heterocycles. The van der Waals surface area contributed by atoms with Crippen molar-refractivity contribution in [3.8, 4) is 28.6 Å². The van der Waals surface area contributed by atoms with E-state index in [0.29, 0.717) is 30.6 Å². The molecule has 2 aromatic carbocycles. The average molecular weight is 797 g/mol. The van der Waals surface area contributed by atoms with Gasteiger partial charge in [-0.15, -0.1) is 0 Å². The Morgan fingerprint density at radius 1 is 0.860 bits per heavy atom. The van der Waals surface area contributed by atoms with Gasteiger partial charge in [0.2, 0.25) is 12.3 Å². The largest absolute Gasteiger partial charge is 0.493 e. The van der Waals surface area contributed by atoms with Gasteiger partial charge in [-0.1, -0.05) is 39.2 Å². The van der Waals surface area contributed by atoms with Crippen molar-refractivity contribution in [2.24, 2.45) is 5.92 Å². The van der Waals surface area contributed by atoms with Crippen molar-refractivity contribution in [1.29, 1.82) is 0 Å². The van der Waals surface area contributed by atoms with Crippen LogP contribution in [0.15, 0.2) is 52.9 Å². The monoisotopic (exact) mass is 796 g/mol. The van der Waals surface area contributed by atoms with Gasteiger partial charge in [-0.25, -0.2) is 9.59 Å². The minimum Gasteiger partial charge on any atom is -0.493 e. The summed E-state index contributed by atoms with van der Waals surface area (Å²) in [5, 5.41) is 26.6. The Labute approximate surface area is 328 Å². The molecule has 4 amide bonds. The van der Waals surface area contributed by atoms with Crippen molar-refractivity contribution in [2.75, 3.05) is 27.5 Å². The topological polar surface area (TPSA) is 249 Å². The van der Waals surface area contributed by atoms with E-state index in [1.54, 1.807) is 13.8 Å². The second-order valence-corrected chi connectivity index (χ2v) is 12.5. The number of carbonyl (C=O) groups is 7. The molecular weight excluding hydrogens is 748 g/mol. The van der Waals surface area contributed by atoms with Gasteiger partial charge in [-0.3, -0.25) is 24.0 Å². The maximum atomic E-state index is 13.6. The highest BCUT2D eigenvalue weighted by molar-refractivity contribution is 6.00. The van der Waals surface area contributed by atoms with Gasteiger partial charge < -0.3 is 49.6 Å². The third-order valence-electron chi connectivity index (χ3n) is 8.71. The SMILES string of the molecule is CCCCCC(C(=O)NCNC(=O)c1ccc(-c2ccc(C(=O)NC(CC(=O)O)C(=O)O)c(OCC)c2)o1)C(CC)N(C=O)OC(=O)c1ccc(OC)c(OC)c1. The molecule has 5 N–H and O–H groups in total. The van der Waals surface area contributed by atoms with Crippen molar-refractivity contribution in [3.63, 3.8) is 0 Å². The van der Waals surface area contributed by atoms with Crippen molar-refractivity contribution in [3.05, 3.63) is 65.4 Å². The Morgan fingerprint density at radius 3 is 2.21 bits per heavy atom. The molecule has 308 valence electrons. The van der Waals surface area contributed by atoms with E-state index in [9.17, 15) is 38.7 Å². The number of hydrogen-bond acceptors (Lipinski definition) is 12. The van der Waals surface area contributed by atoms with E-state index in [4.69, 9.17) is 28.6 Å². The van der Waals surface area contributed by atoms with Crippen LogP contribution in [0.2, 0.25) is 0 Å². The number of benzene rings is 2. The van der Waals surface area contributed by atoms with Crippen LogP contribution in [0.5, 0.6) is 17.2 Å². The molecule has 3 atom stereocenters. The van der Waals surface area contributed by atoms with Crippen LogP contribution in [0, 0.1) is 5.92 Å². The van der Waals surface area contributed by atoms with Crippen molar-refractivity contribution in [2.45, 2.75) is 71.4 Å². The van der Waals surface area contributed by atoms with Gasteiger partial charge in [0.05, 0.1) is 57.0 Å². The summed E-state index contributed by atoms with van der Waals surface area (Å²) >= 11 is 0. The van der Waals surface area contributed by atoms with Crippen molar-refractivity contribution < 1.29 is 67.2 Å². The van der Waals surface area contributed by atoms with Gasteiger partial charge in [0.15, 0.2) is 17.3 Å². The zero-order valence-electron chi connectivity index (χ0n) is 32.3. The number of amides is 4. The van der Waals surface area contributed by atoms with E-state index >= 15 is 0 Å². The molecule has 0 radical (unpaired) electrons. The molecule has 0 fully saturated rings. The summed E-state index contributed by atoms with van der Waals surface area (Å²) in [7, 11) is 2.86. The quantitative estimate of drug-likeness (QED) is 0.0372. The molecule has 3 unspecified atom stereocenters. The first-order chi connectivity index (χ1) is 27.3. The Morgan fingerprint density at radius 2 is 1.60 bits per heavy atom. The van der Waals surface area contributed by atoms with E-state index < -0.39 is 60.1 Å². The highest BCUT2D eigenvalue weighted by Crippen LogP contribution is 2.30. The first-order valence-corrected chi connectivity index (χ1v) is 18.2. The predicted molar refractivity (Wildman–Crippen MR) is 202 cm³/mol. The molecule has 0 aliphatic rings.